The van der Waals surface area contributed by atoms with E-state index < -0.39 is 32.9 Å². The van der Waals surface area contributed by atoms with Crippen molar-refractivity contribution in [1.29, 1.82) is 0 Å². The van der Waals surface area contributed by atoms with Crippen LogP contribution in [0.1, 0.15) is 18.1 Å². The molecule has 0 amide bonds. The number of sulfone groups is 1. The predicted molar refractivity (Wildman–Crippen MR) is 65.5 cm³/mol. The monoisotopic (exact) mass is 296 g/mol. The van der Waals surface area contributed by atoms with Gasteiger partial charge in [-0.25, -0.2) is 8.42 Å². The Bertz CT molecular complexity index is 520. The van der Waals surface area contributed by atoms with Crippen LogP contribution in [0.2, 0.25) is 0 Å². The minimum Gasteiger partial charge on any atom is -0.391 e. The first-order valence-corrected chi connectivity index (χ1v) is 7.50. The Balaban J connectivity index is 2.79. The first kappa shape index (κ1) is 16.0. The molecule has 0 aliphatic rings. The summed E-state index contributed by atoms with van der Waals surface area (Å²) in [6.45, 7) is 1.37. The van der Waals surface area contributed by atoms with Gasteiger partial charge in [-0.3, -0.25) is 0 Å². The van der Waals surface area contributed by atoms with Crippen LogP contribution in [0.5, 0.6) is 0 Å². The number of hydrogen-bond donors (Lipinski definition) is 1. The van der Waals surface area contributed by atoms with Crippen LogP contribution in [0.15, 0.2) is 24.3 Å². The van der Waals surface area contributed by atoms with Gasteiger partial charge in [0.2, 0.25) is 0 Å². The lowest BCUT2D eigenvalue weighted by molar-refractivity contribution is -0.137. The number of hydrogen-bond acceptors (Lipinski definition) is 3. The van der Waals surface area contributed by atoms with Crippen molar-refractivity contribution in [3.05, 3.63) is 35.4 Å². The SMILES string of the molecule is CC(C(O)Cc1ccc(C(F)(F)F)cc1)S(C)(=O)=O. The van der Waals surface area contributed by atoms with Gasteiger partial charge in [0.25, 0.3) is 0 Å². The average Bonchev–Trinajstić information content (AvgIpc) is 2.26. The predicted octanol–water partition coefficient (Wildman–Crippen LogP) is 2.04. The Morgan fingerprint density at radius 2 is 1.68 bits per heavy atom. The lowest BCUT2D eigenvalue weighted by Crippen LogP contribution is -2.32. The Kier molecular flexibility index (Phi) is 4.63. The van der Waals surface area contributed by atoms with Crippen molar-refractivity contribution in [1.82, 2.24) is 0 Å². The van der Waals surface area contributed by atoms with E-state index in [-0.39, 0.29) is 6.42 Å². The average molecular weight is 296 g/mol. The summed E-state index contributed by atoms with van der Waals surface area (Å²) in [7, 11) is -3.38. The molecule has 0 radical (unpaired) electrons. The minimum atomic E-state index is -4.41. The lowest BCUT2D eigenvalue weighted by Gasteiger charge is -2.17. The van der Waals surface area contributed by atoms with E-state index >= 15 is 0 Å². The summed E-state index contributed by atoms with van der Waals surface area (Å²) in [5.41, 5.74) is -0.321. The standard InChI is InChI=1S/C12H15F3O3S/c1-8(19(2,17)18)11(16)7-9-3-5-10(6-4-9)12(13,14)15/h3-6,8,11,16H,7H2,1-2H3. The van der Waals surface area contributed by atoms with Crippen LogP contribution < -0.4 is 0 Å². The number of rotatable bonds is 4. The third kappa shape index (κ3) is 4.50. The van der Waals surface area contributed by atoms with Crippen molar-refractivity contribution in [3.8, 4) is 0 Å². The number of aliphatic hydroxyl groups excluding tert-OH is 1. The van der Waals surface area contributed by atoms with Gasteiger partial charge in [-0.15, -0.1) is 0 Å². The van der Waals surface area contributed by atoms with Crippen molar-refractivity contribution < 1.29 is 26.7 Å². The van der Waals surface area contributed by atoms with Gasteiger partial charge in [-0.2, -0.15) is 13.2 Å². The van der Waals surface area contributed by atoms with Crippen molar-refractivity contribution in [3.63, 3.8) is 0 Å². The molecule has 1 rings (SSSR count). The van der Waals surface area contributed by atoms with Crippen molar-refractivity contribution in [2.24, 2.45) is 0 Å². The lowest BCUT2D eigenvalue weighted by atomic mass is 10.0. The zero-order chi connectivity index (χ0) is 14.8. The molecule has 2 unspecified atom stereocenters. The molecule has 0 fully saturated rings. The van der Waals surface area contributed by atoms with Crippen LogP contribution in [-0.2, 0) is 22.4 Å². The van der Waals surface area contributed by atoms with Crippen LogP contribution in [-0.4, -0.2) is 31.1 Å². The van der Waals surface area contributed by atoms with E-state index in [1.165, 1.54) is 19.1 Å². The third-order valence-corrected chi connectivity index (χ3v) is 4.61. The molecule has 0 heterocycles. The fraction of sp³-hybridized carbons (Fsp3) is 0.500. The van der Waals surface area contributed by atoms with Gasteiger partial charge in [0, 0.05) is 6.26 Å². The van der Waals surface area contributed by atoms with Gasteiger partial charge < -0.3 is 5.11 Å². The Hall–Kier alpha value is -1.08. The number of aliphatic hydroxyl groups is 1. The number of alkyl halides is 3. The van der Waals surface area contributed by atoms with Crippen LogP contribution in [0.3, 0.4) is 0 Å². The second-order valence-corrected chi connectivity index (χ2v) is 6.90. The molecule has 0 aliphatic heterocycles. The zero-order valence-electron chi connectivity index (χ0n) is 10.5. The van der Waals surface area contributed by atoms with Crippen LogP contribution >= 0.6 is 0 Å². The normalized spacial score (nSPS) is 16.1. The van der Waals surface area contributed by atoms with Gasteiger partial charge in [0.05, 0.1) is 16.9 Å². The molecule has 0 aromatic heterocycles. The molecule has 0 bridgehead atoms. The van der Waals surface area contributed by atoms with Crippen molar-refractivity contribution >= 4 is 9.84 Å². The van der Waals surface area contributed by atoms with Crippen molar-refractivity contribution in [2.75, 3.05) is 6.26 Å². The summed E-state index contributed by atoms with van der Waals surface area (Å²) >= 11 is 0. The fourth-order valence-electron chi connectivity index (χ4n) is 1.52. The molecule has 1 aromatic carbocycles. The molecule has 1 N–H and O–H groups in total. The highest BCUT2D eigenvalue weighted by Gasteiger charge is 2.30. The first-order chi connectivity index (χ1) is 8.51. The van der Waals surface area contributed by atoms with E-state index in [1.54, 1.807) is 0 Å². The first-order valence-electron chi connectivity index (χ1n) is 5.55. The molecule has 0 spiro atoms. The van der Waals surface area contributed by atoms with E-state index in [4.69, 9.17) is 0 Å². The highest BCUT2D eigenvalue weighted by Crippen LogP contribution is 2.29. The summed E-state index contributed by atoms with van der Waals surface area (Å²) in [6.07, 6.45) is -4.55. The molecular weight excluding hydrogens is 281 g/mol. The van der Waals surface area contributed by atoms with Crippen LogP contribution in [0, 0.1) is 0 Å². The third-order valence-electron chi connectivity index (χ3n) is 2.94. The summed E-state index contributed by atoms with van der Waals surface area (Å²) < 4.78 is 59.5. The Labute approximate surface area is 110 Å². The second kappa shape index (κ2) is 5.50. The maximum absolute atomic E-state index is 12.3. The highest BCUT2D eigenvalue weighted by molar-refractivity contribution is 7.91. The summed E-state index contributed by atoms with van der Waals surface area (Å²) in [5.74, 6) is 0. The number of benzene rings is 1. The second-order valence-electron chi connectivity index (χ2n) is 4.50. The minimum absolute atomic E-state index is 0.00757. The molecule has 108 valence electrons. The molecule has 0 aliphatic carbocycles. The van der Waals surface area contributed by atoms with Crippen molar-refractivity contribution in [2.45, 2.75) is 30.9 Å². The molecule has 19 heavy (non-hydrogen) atoms. The van der Waals surface area contributed by atoms with Crippen LogP contribution in [0.25, 0.3) is 0 Å². The van der Waals surface area contributed by atoms with Gasteiger partial charge >= 0.3 is 6.18 Å². The van der Waals surface area contributed by atoms with Gasteiger partial charge in [0.1, 0.15) is 0 Å². The Morgan fingerprint density at radius 1 is 1.21 bits per heavy atom. The van der Waals surface area contributed by atoms with E-state index in [9.17, 15) is 26.7 Å². The molecule has 0 saturated heterocycles. The summed E-state index contributed by atoms with van der Waals surface area (Å²) in [4.78, 5) is 0. The van der Waals surface area contributed by atoms with Gasteiger partial charge in [-0.1, -0.05) is 12.1 Å². The topological polar surface area (TPSA) is 54.4 Å². The van der Waals surface area contributed by atoms with Crippen LogP contribution in [0.4, 0.5) is 13.2 Å². The van der Waals surface area contributed by atoms with Gasteiger partial charge in [0.15, 0.2) is 9.84 Å². The van der Waals surface area contributed by atoms with E-state index in [0.29, 0.717) is 5.56 Å². The zero-order valence-corrected chi connectivity index (χ0v) is 11.3. The maximum Gasteiger partial charge on any atom is 0.416 e. The number of halogens is 3. The largest absolute Gasteiger partial charge is 0.416 e. The van der Waals surface area contributed by atoms with E-state index in [1.807, 2.05) is 0 Å². The summed E-state index contributed by atoms with van der Waals surface area (Å²) in [5, 5.41) is 8.77. The molecule has 1 aromatic rings. The molecule has 7 heteroatoms. The fourth-order valence-corrected chi connectivity index (χ4v) is 2.19. The van der Waals surface area contributed by atoms with Gasteiger partial charge in [-0.05, 0) is 31.0 Å². The molecule has 0 saturated carbocycles. The molecule has 3 nitrogen and oxygen atoms in total. The highest BCUT2D eigenvalue weighted by atomic mass is 32.2. The molecular formula is C12H15F3O3S. The Morgan fingerprint density at radius 3 is 2.05 bits per heavy atom. The van der Waals surface area contributed by atoms with E-state index in [2.05, 4.69) is 0 Å². The smallest absolute Gasteiger partial charge is 0.391 e. The molecule has 2 atom stereocenters. The van der Waals surface area contributed by atoms with E-state index in [0.717, 1.165) is 18.4 Å². The quantitative estimate of drug-likeness (QED) is 0.925. The summed E-state index contributed by atoms with van der Waals surface area (Å²) in [6, 6.07) is 4.29. The maximum atomic E-state index is 12.3.